The summed E-state index contributed by atoms with van der Waals surface area (Å²) in [6, 6.07) is 5.89. The Morgan fingerprint density at radius 2 is 1.83 bits per heavy atom. The van der Waals surface area contributed by atoms with Gasteiger partial charge < -0.3 is 10.2 Å². The molecule has 136 valence electrons. The molecule has 0 saturated carbocycles. The molecule has 0 aromatic heterocycles. The van der Waals surface area contributed by atoms with Crippen LogP contribution in [0.1, 0.15) is 36.5 Å². The Morgan fingerprint density at radius 1 is 1.25 bits per heavy atom. The van der Waals surface area contributed by atoms with Crippen molar-refractivity contribution >= 4 is 30.1 Å². The fourth-order valence-electron chi connectivity index (χ4n) is 2.77. The highest BCUT2D eigenvalue weighted by Crippen LogP contribution is 2.36. The van der Waals surface area contributed by atoms with Gasteiger partial charge in [-0.05, 0) is 68.4 Å². The highest BCUT2D eigenvalue weighted by atomic mass is 35.5. The molecule has 1 heterocycles. The second-order valence-corrected chi connectivity index (χ2v) is 6.69. The van der Waals surface area contributed by atoms with Gasteiger partial charge in [0.25, 0.3) is 5.91 Å². The zero-order valence-electron chi connectivity index (χ0n) is 13.4. The van der Waals surface area contributed by atoms with Crippen LogP contribution >= 0.6 is 24.2 Å². The average molecular weight is 383 g/mol. The van der Waals surface area contributed by atoms with E-state index < -0.39 is 5.51 Å². The number of halogens is 4. The van der Waals surface area contributed by atoms with Crippen molar-refractivity contribution in [3.05, 3.63) is 29.8 Å². The predicted molar refractivity (Wildman–Crippen MR) is 92.8 cm³/mol. The first-order valence-corrected chi connectivity index (χ1v) is 8.60. The van der Waals surface area contributed by atoms with Crippen molar-refractivity contribution in [2.24, 2.45) is 0 Å². The Bertz CT molecular complexity index is 519. The summed E-state index contributed by atoms with van der Waals surface area (Å²) in [5, 5.41) is 3.27. The van der Waals surface area contributed by atoms with Crippen LogP contribution in [-0.4, -0.2) is 42.0 Å². The SMILES string of the molecule is CCCN(C(=O)c1ccc(SC(F)(F)F)cc1)C1CCNCC1.Cl. The number of hydrogen-bond acceptors (Lipinski definition) is 3. The molecule has 0 radical (unpaired) electrons. The molecule has 0 spiro atoms. The number of thioether (sulfide) groups is 1. The highest BCUT2D eigenvalue weighted by Gasteiger charge is 2.29. The van der Waals surface area contributed by atoms with Gasteiger partial charge in [0, 0.05) is 23.0 Å². The first kappa shape index (κ1) is 21.1. The lowest BCUT2D eigenvalue weighted by molar-refractivity contribution is -0.0328. The van der Waals surface area contributed by atoms with E-state index in [0.29, 0.717) is 12.1 Å². The summed E-state index contributed by atoms with van der Waals surface area (Å²) in [5.41, 5.74) is -3.86. The van der Waals surface area contributed by atoms with E-state index in [2.05, 4.69) is 5.32 Å². The summed E-state index contributed by atoms with van der Waals surface area (Å²) in [6.07, 6.45) is 2.68. The summed E-state index contributed by atoms with van der Waals surface area (Å²) >= 11 is -0.165. The van der Waals surface area contributed by atoms with E-state index in [1.807, 2.05) is 11.8 Å². The standard InChI is InChI=1S/C16H21F3N2OS.ClH/c1-2-11-21(13-7-9-20-10-8-13)15(22)12-3-5-14(6-4-12)23-16(17,18)19;/h3-6,13,20H,2,7-11H2,1H3;1H. The maximum atomic E-state index is 12.7. The molecular formula is C16H22ClF3N2OS. The Morgan fingerprint density at radius 3 is 2.33 bits per heavy atom. The fourth-order valence-corrected chi connectivity index (χ4v) is 3.31. The quantitative estimate of drug-likeness (QED) is 0.769. The van der Waals surface area contributed by atoms with Crippen molar-refractivity contribution in [3.8, 4) is 0 Å². The number of hydrogen-bond donors (Lipinski definition) is 1. The lowest BCUT2D eigenvalue weighted by Gasteiger charge is -2.34. The zero-order chi connectivity index (χ0) is 16.9. The monoisotopic (exact) mass is 382 g/mol. The minimum atomic E-state index is -4.31. The molecule has 8 heteroatoms. The second kappa shape index (κ2) is 9.53. The smallest absolute Gasteiger partial charge is 0.336 e. The maximum absolute atomic E-state index is 12.7. The van der Waals surface area contributed by atoms with Gasteiger partial charge in [0.1, 0.15) is 0 Å². The molecular weight excluding hydrogens is 361 g/mol. The van der Waals surface area contributed by atoms with Crippen molar-refractivity contribution in [1.29, 1.82) is 0 Å². The molecule has 1 fully saturated rings. The molecule has 1 N–H and O–H groups in total. The van der Waals surface area contributed by atoms with Crippen LogP contribution in [0.4, 0.5) is 13.2 Å². The second-order valence-electron chi connectivity index (χ2n) is 5.55. The molecule has 1 saturated heterocycles. The largest absolute Gasteiger partial charge is 0.446 e. The average Bonchev–Trinajstić information content (AvgIpc) is 2.52. The minimum Gasteiger partial charge on any atom is -0.336 e. The zero-order valence-corrected chi connectivity index (χ0v) is 15.1. The van der Waals surface area contributed by atoms with Crippen molar-refractivity contribution in [2.75, 3.05) is 19.6 Å². The van der Waals surface area contributed by atoms with Gasteiger partial charge in [0.05, 0.1) is 0 Å². The molecule has 0 unspecified atom stereocenters. The predicted octanol–water partition coefficient (Wildman–Crippen LogP) is 4.32. The van der Waals surface area contributed by atoms with Crippen molar-refractivity contribution in [1.82, 2.24) is 10.2 Å². The third-order valence-corrected chi connectivity index (χ3v) is 4.55. The van der Waals surface area contributed by atoms with Crippen LogP contribution in [0, 0.1) is 0 Å². The van der Waals surface area contributed by atoms with E-state index in [0.717, 1.165) is 32.4 Å². The van der Waals surface area contributed by atoms with Crippen LogP contribution in [0.3, 0.4) is 0 Å². The van der Waals surface area contributed by atoms with E-state index in [1.54, 1.807) is 0 Å². The van der Waals surface area contributed by atoms with Gasteiger partial charge in [-0.1, -0.05) is 6.92 Å². The summed E-state index contributed by atoms with van der Waals surface area (Å²) in [5.74, 6) is -0.0951. The van der Waals surface area contributed by atoms with Crippen molar-refractivity contribution in [2.45, 2.75) is 42.6 Å². The van der Waals surface area contributed by atoms with Crippen LogP contribution in [0.2, 0.25) is 0 Å². The Labute approximate surface area is 150 Å². The van der Waals surface area contributed by atoms with Gasteiger partial charge in [0.2, 0.25) is 0 Å². The number of carbonyl (C=O) groups excluding carboxylic acids is 1. The van der Waals surface area contributed by atoms with E-state index >= 15 is 0 Å². The summed E-state index contributed by atoms with van der Waals surface area (Å²) in [4.78, 5) is 14.7. The molecule has 2 rings (SSSR count). The van der Waals surface area contributed by atoms with Crippen LogP contribution in [0.15, 0.2) is 29.2 Å². The van der Waals surface area contributed by atoms with Crippen LogP contribution in [0.25, 0.3) is 0 Å². The summed E-state index contributed by atoms with van der Waals surface area (Å²) < 4.78 is 37.1. The van der Waals surface area contributed by atoms with E-state index in [9.17, 15) is 18.0 Å². The molecule has 3 nitrogen and oxygen atoms in total. The Balaban J connectivity index is 0.00000288. The lowest BCUT2D eigenvalue weighted by Crippen LogP contribution is -2.46. The van der Waals surface area contributed by atoms with Gasteiger partial charge >= 0.3 is 5.51 Å². The molecule has 24 heavy (non-hydrogen) atoms. The molecule has 0 aliphatic carbocycles. The Hall–Kier alpha value is -0.920. The minimum absolute atomic E-state index is 0. The number of benzene rings is 1. The maximum Gasteiger partial charge on any atom is 0.446 e. The third-order valence-electron chi connectivity index (χ3n) is 3.81. The van der Waals surface area contributed by atoms with E-state index in [4.69, 9.17) is 0 Å². The van der Waals surface area contributed by atoms with Crippen LogP contribution in [0.5, 0.6) is 0 Å². The molecule has 1 aromatic carbocycles. The number of amides is 1. The molecule has 1 aliphatic rings. The molecule has 0 atom stereocenters. The van der Waals surface area contributed by atoms with Gasteiger partial charge in [-0.3, -0.25) is 4.79 Å². The van der Waals surface area contributed by atoms with Crippen LogP contribution in [-0.2, 0) is 0 Å². The number of carbonyl (C=O) groups is 1. The number of rotatable bonds is 5. The highest BCUT2D eigenvalue weighted by molar-refractivity contribution is 8.00. The number of piperidine rings is 1. The van der Waals surface area contributed by atoms with Crippen molar-refractivity contribution in [3.63, 3.8) is 0 Å². The third kappa shape index (κ3) is 6.18. The van der Waals surface area contributed by atoms with Gasteiger partial charge in [-0.25, -0.2) is 0 Å². The molecule has 1 aromatic rings. The number of nitrogens with zero attached hydrogens (tertiary/aromatic N) is 1. The van der Waals surface area contributed by atoms with E-state index in [1.165, 1.54) is 24.3 Å². The first-order valence-electron chi connectivity index (χ1n) is 7.78. The van der Waals surface area contributed by atoms with E-state index in [-0.39, 0.29) is 41.0 Å². The lowest BCUT2D eigenvalue weighted by atomic mass is 10.0. The van der Waals surface area contributed by atoms with Crippen molar-refractivity contribution < 1.29 is 18.0 Å². The normalized spacial score (nSPS) is 15.7. The number of nitrogens with one attached hydrogen (secondary N) is 1. The van der Waals surface area contributed by atoms with Gasteiger partial charge in [-0.2, -0.15) is 13.2 Å². The van der Waals surface area contributed by atoms with Crippen LogP contribution < -0.4 is 5.32 Å². The Kier molecular flexibility index (Phi) is 8.39. The van der Waals surface area contributed by atoms with Gasteiger partial charge in [0.15, 0.2) is 0 Å². The topological polar surface area (TPSA) is 32.3 Å². The first-order chi connectivity index (χ1) is 10.9. The summed E-state index contributed by atoms with van der Waals surface area (Å²) in [6.45, 7) is 4.46. The number of alkyl halides is 3. The van der Waals surface area contributed by atoms with Gasteiger partial charge in [-0.15, -0.1) is 12.4 Å². The molecule has 1 amide bonds. The summed E-state index contributed by atoms with van der Waals surface area (Å²) in [7, 11) is 0. The molecule has 0 bridgehead atoms. The fraction of sp³-hybridized carbons (Fsp3) is 0.562. The molecule has 1 aliphatic heterocycles.